The quantitative estimate of drug-likeness (QED) is 0.284. The number of benzene rings is 1. The van der Waals surface area contributed by atoms with Crippen molar-refractivity contribution in [2.45, 2.75) is 50.8 Å². The number of sulfonamides is 1. The number of rotatable bonds is 16. The van der Waals surface area contributed by atoms with Gasteiger partial charge in [-0.1, -0.05) is 26.7 Å². The SMILES string of the molecule is CCCCN(CCCC)CCCNS(=O)(=O)c1cc(NCCOC)ccc1N. The molecule has 7 nitrogen and oxygen atoms in total. The van der Waals surface area contributed by atoms with Crippen LogP contribution >= 0.6 is 0 Å². The molecule has 0 spiro atoms. The van der Waals surface area contributed by atoms with Crippen molar-refractivity contribution in [3.63, 3.8) is 0 Å². The van der Waals surface area contributed by atoms with E-state index in [-0.39, 0.29) is 10.6 Å². The molecule has 0 aliphatic carbocycles. The van der Waals surface area contributed by atoms with Crippen LogP contribution in [0.25, 0.3) is 0 Å². The number of methoxy groups -OCH3 is 1. The third-order valence-electron chi connectivity index (χ3n) is 4.54. The van der Waals surface area contributed by atoms with Gasteiger partial charge in [-0.25, -0.2) is 13.1 Å². The summed E-state index contributed by atoms with van der Waals surface area (Å²) in [6.45, 7) is 8.96. The lowest BCUT2D eigenvalue weighted by Gasteiger charge is -2.22. The average Bonchev–Trinajstić information content (AvgIpc) is 2.68. The first-order valence-electron chi connectivity index (χ1n) is 10.3. The number of ether oxygens (including phenoxy) is 1. The highest BCUT2D eigenvalue weighted by molar-refractivity contribution is 7.89. The van der Waals surface area contributed by atoms with Gasteiger partial charge in [-0.3, -0.25) is 0 Å². The Labute approximate surface area is 171 Å². The Morgan fingerprint density at radius 2 is 1.68 bits per heavy atom. The lowest BCUT2D eigenvalue weighted by molar-refractivity contribution is 0.211. The minimum atomic E-state index is -3.64. The van der Waals surface area contributed by atoms with E-state index < -0.39 is 10.0 Å². The maximum Gasteiger partial charge on any atom is 0.242 e. The molecular formula is C20H38N4O3S. The van der Waals surface area contributed by atoms with Gasteiger partial charge in [-0.15, -0.1) is 0 Å². The molecule has 4 N–H and O–H groups in total. The minimum absolute atomic E-state index is 0.115. The largest absolute Gasteiger partial charge is 0.398 e. The van der Waals surface area contributed by atoms with Crippen molar-refractivity contribution in [3.8, 4) is 0 Å². The summed E-state index contributed by atoms with van der Waals surface area (Å²) < 4.78 is 33.0. The molecule has 0 saturated heterocycles. The Morgan fingerprint density at radius 1 is 1.04 bits per heavy atom. The van der Waals surface area contributed by atoms with Crippen molar-refractivity contribution in [3.05, 3.63) is 18.2 Å². The van der Waals surface area contributed by atoms with Crippen molar-refractivity contribution in [1.29, 1.82) is 0 Å². The number of nitrogens with one attached hydrogen (secondary N) is 2. The molecule has 8 heteroatoms. The van der Waals surface area contributed by atoms with Crippen LogP contribution in [0.5, 0.6) is 0 Å². The summed E-state index contributed by atoms with van der Waals surface area (Å²) in [7, 11) is -2.02. The normalized spacial score (nSPS) is 11.9. The zero-order chi connectivity index (χ0) is 20.8. The second kappa shape index (κ2) is 13.8. The Morgan fingerprint density at radius 3 is 2.29 bits per heavy atom. The van der Waals surface area contributed by atoms with Crippen molar-refractivity contribution in [1.82, 2.24) is 9.62 Å². The molecule has 0 amide bonds. The summed E-state index contributed by atoms with van der Waals surface area (Å²) in [4.78, 5) is 2.54. The van der Waals surface area contributed by atoms with Gasteiger partial charge in [0.05, 0.1) is 12.3 Å². The van der Waals surface area contributed by atoms with E-state index in [0.717, 1.165) is 26.1 Å². The van der Waals surface area contributed by atoms with E-state index in [1.165, 1.54) is 25.7 Å². The van der Waals surface area contributed by atoms with E-state index in [0.29, 0.717) is 25.4 Å². The highest BCUT2D eigenvalue weighted by atomic mass is 32.2. The van der Waals surface area contributed by atoms with Crippen LogP contribution in [0.4, 0.5) is 11.4 Å². The molecule has 162 valence electrons. The lowest BCUT2D eigenvalue weighted by Crippen LogP contribution is -2.31. The fourth-order valence-electron chi connectivity index (χ4n) is 2.86. The fraction of sp³-hybridized carbons (Fsp3) is 0.700. The Hall–Kier alpha value is -1.35. The Bertz CT molecular complexity index is 645. The number of unbranched alkanes of at least 4 members (excludes halogenated alkanes) is 2. The summed E-state index contributed by atoms with van der Waals surface area (Å²) in [6.07, 6.45) is 5.47. The van der Waals surface area contributed by atoms with Gasteiger partial charge in [0, 0.05) is 25.9 Å². The Balaban J connectivity index is 2.59. The highest BCUT2D eigenvalue weighted by Gasteiger charge is 2.17. The van der Waals surface area contributed by atoms with E-state index in [2.05, 4.69) is 28.8 Å². The number of nitrogens with zero attached hydrogens (tertiary/aromatic N) is 1. The molecule has 28 heavy (non-hydrogen) atoms. The summed E-state index contributed by atoms with van der Waals surface area (Å²) >= 11 is 0. The number of anilines is 2. The van der Waals surface area contributed by atoms with Crippen LogP contribution < -0.4 is 15.8 Å². The molecule has 0 radical (unpaired) electrons. The van der Waals surface area contributed by atoms with E-state index in [1.807, 2.05) is 0 Å². The number of nitrogens with two attached hydrogens (primary N) is 1. The topological polar surface area (TPSA) is 96.7 Å². The van der Waals surface area contributed by atoms with E-state index in [9.17, 15) is 8.42 Å². The molecule has 0 heterocycles. The minimum Gasteiger partial charge on any atom is -0.398 e. The summed E-state index contributed by atoms with van der Waals surface area (Å²) in [5.41, 5.74) is 6.87. The molecule has 0 unspecified atom stereocenters. The molecule has 0 aliphatic rings. The van der Waals surface area contributed by atoms with Gasteiger partial charge in [-0.05, 0) is 57.1 Å². The molecule has 1 aromatic rings. The van der Waals surface area contributed by atoms with E-state index in [1.54, 1.807) is 25.3 Å². The summed E-state index contributed by atoms with van der Waals surface area (Å²) in [5, 5.41) is 3.13. The van der Waals surface area contributed by atoms with Crippen molar-refractivity contribution < 1.29 is 13.2 Å². The predicted octanol–water partition coefficient (Wildman–Crippen LogP) is 2.90. The molecule has 0 aromatic heterocycles. The number of hydrogen-bond acceptors (Lipinski definition) is 6. The zero-order valence-electron chi connectivity index (χ0n) is 17.7. The van der Waals surface area contributed by atoms with Gasteiger partial charge in [0.1, 0.15) is 4.90 Å². The van der Waals surface area contributed by atoms with Crippen molar-refractivity contribution >= 4 is 21.4 Å². The first-order valence-corrected chi connectivity index (χ1v) is 11.8. The predicted molar refractivity (Wildman–Crippen MR) is 117 cm³/mol. The van der Waals surface area contributed by atoms with Gasteiger partial charge in [-0.2, -0.15) is 0 Å². The number of hydrogen-bond donors (Lipinski definition) is 3. The van der Waals surface area contributed by atoms with Gasteiger partial charge in [0.2, 0.25) is 10.0 Å². The first kappa shape index (κ1) is 24.7. The Kier molecular flexibility index (Phi) is 12.1. The van der Waals surface area contributed by atoms with Crippen LogP contribution in [-0.2, 0) is 14.8 Å². The maximum atomic E-state index is 12.7. The highest BCUT2D eigenvalue weighted by Crippen LogP contribution is 2.22. The van der Waals surface area contributed by atoms with Crippen molar-refractivity contribution in [2.24, 2.45) is 0 Å². The molecule has 0 bridgehead atoms. The molecule has 0 atom stereocenters. The summed E-state index contributed by atoms with van der Waals surface area (Å²) in [5.74, 6) is 0. The smallest absolute Gasteiger partial charge is 0.242 e. The molecule has 1 aromatic carbocycles. The molecule has 0 saturated carbocycles. The zero-order valence-corrected chi connectivity index (χ0v) is 18.5. The first-order chi connectivity index (χ1) is 13.4. The fourth-order valence-corrected chi connectivity index (χ4v) is 4.09. The molecule has 1 rings (SSSR count). The molecule has 0 aliphatic heterocycles. The third kappa shape index (κ3) is 9.23. The van der Waals surface area contributed by atoms with Crippen LogP contribution in [0.15, 0.2) is 23.1 Å². The monoisotopic (exact) mass is 414 g/mol. The van der Waals surface area contributed by atoms with Gasteiger partial charge in [0.25, 0.3) is 0 Å². The van der Waals surface area contributed by atoms with Crippen LogP contribution in [0.1, 0.15) is 46.0 Å². The number of nitrogen functional groups attached to an aromatic ring is 1. The second-order valence-electron chi connectivity index (χ2n) is 6.97. The van der Waals surface area contributed by atoms with Gasteiger partial charge < -0.3 is 20.7 Å². The van der Waals surface area contributed by atoms with Crippen molar-refractivity contribution in [2.75, 3.05) is 57.5 Å². The van der Waals surface area contributed by atoms with Gasteiger partial charge in [0.15, 0.2) is 0 Å². The second-order valence-corrected chi connectivity index (χ2v) is 8.71. The standard InChI is InChI=1S/C20H38N4O3S/c1-4-6-13-24(14-7-5-2)15-8-11-23-28(25,26)20-17-18(9-10-19(20)21)22-12-16-27-3/h9-10,17,22-23H,4-8,11-16,21H2,1-3H3. The third-order valence-corrected chi connectivity index (χ3v) is 6.05. The van der Waals surface area contributed by atoms with Crippen LogP contribution in [0, 0.1) is 0 Å². The average molecular weight is 415 g/mol. The molecule has 0 fully saturated rings. The van der Waals surface area contributed by atoms with Crippen LogP contribution in [0.3, 0.4) is 0 Å². The van der Waals surface area contributed by atoms with Gasteiger partial charge >= 0.3 is 0 Å². The van der Waals surface area contributed by atoms with E-state index in [4.69, 9.17) is 10.5 Å². The van der Waals surface area contributed by atoms with Crippen LogP contribution in [-0.4, -0.2) is 59.8 Å². The summed E-state index contributed by atoms with van der Waals surface area (Å²) in [6, 6.07) is 4.95. The van der Waals surface area contributed by atoms with E-state index >= 15 is 0 Å². The maximum absolute atomic E-state index is 12.7. The molecular weight excluding hydrogens is 376 g/mol. The lowest BCUT2D eigenvalue weighted by atomic mass is 10.2. The van der Waals surface area contributed by atoms with Crippen LogP contribution in [0.2, 0.25) is 0 Å².